The predicted octanol–water partition coefficient (Wildman–Crippen LogP) is 4.96. The summed E-state index contributed by atoms with van der Waals surface area (Å²) in [5.41, 5.74) is 2.71. The molecule has 3 heteroatoms. The van der Waals surface area contributed by atoms with Crippen molar-refractivity contribution in [3.63, 3.8) is 0 Å². The molecule has 2 aliphatic carbocycles. The molecule has 0 amide bonds. The Balaban J connectivity index is 2.20. The zero-order valence-corrected chi connectivity index (χ0v) is 16.1. The van der Waals surface area contributed by atoms with Crippen molar-refractivity contribution in [3.05, 3.63) is 11.1 Å². The molecule has 2 atom stereocenters. The van der Waals surface area contributed by atoms with E-state index < -0.39 is 8.32 Å². The summed E-state index contributed by atoms with van der Waals surface area (Å²) in [6, 6.07) is 0. The summed E-state index contributed by atoms with van der Waals surface area (Å²) in [4.78, 5) is 12.0. The lowest BCUT2D eigenvalue weighted by Gasteiger charge is -2.39. The quantitative estimate of drug-likeness (QED) is 0.689. The van der Waals surface area contributed by atoms with Crippen LogP contribution in [0.25, 0.3) is 0 Å². The molecule has 0 aliphatic heterocycles. The van der Waals surface area contributed by atoms with Crippen molar-refractivity contribution < 1.29 is 9.22 Å². The topological polar surface area (TPSA) is 26.3 Å². The third-order valence-electron chi connectivity index (χ3n) is 6.23. The van der Waals surface area contributed by atoms with Crippen molar-refractivity contribution in [2.24, 2.45) is 17.3 Å². The molecule has 0 radical (unpaired) electrons. The summed E-state index contributed by atoms with van der Waals surface area (Å²) in [6.07, 6.45) is 1.87. The molecule has 1 fully saturated rings. The second kappa shape index (κ2) is 5.06. The van der Waals surface area contributed by atoms with E-state index in [0.717, 1.165) is 25.0 Å². The van der Waals surface area contributed by atoms with Crippen molar-refractivity contribution in [3.8, 4) is 0 Å². The number of rotatable bonds is 3. The maximum atomic E-state index is 12.0. The normalized spacial score (nSPS) is 29.2. The molecule has 120 valence electrons. The van der Waals surface area contributed by atoms with Crippen LogP contribution < -0.4 is 0 Å². The minimum Gasteiger partial charge on any atom is -0.416 e. The average Bonchev–Trinajstić information content (AvgIpc) is 2.68. The first-order chi connectivity index (χ1) is 9.37. The van der Waals surface area contributed by atoms with Gasteiger partial charge in [-0.3, -0.25) is 4.79 Å². The highest BCUT2D eigenvalue weighted by atomic mass is 28.4. The number of carbonyl (C=O) groups is 1. The lowest BCUT2D eigenvalue weighted by atomic mass is 9.80. The predicted molar refractivity (Wildman–Crippen MR) is 90.9 cm³/mol. The van der Waals surface area contributed by atoms with Crippen LogP contribution in [-0.2, 0) is 9.22 Å². The molecule has 2 rings (SSSR count). The lowest BCUT2D eigenvalue weighted by Crippen LogP contribution is -2.43. The molecule has 0 N–H and O–H groups in total. The number of Topliss-reactive ketones (excluding diaryl/α,β-unsaturated/α-hetero) is 1. The number of allylic oxidation sites excluding steroid dienone is 1. The molecule has 0 saturated heterocycles. The van der Waals surface area contributed by atoms with E-state index in [1.807, 2.05) is 6.92 Å². The van der Waals surface area contributed by atoms with E-state index in [-0.39, 0.29) is 10.5 Å². The first kappa shape index (κ1) is 16.9. The highest BCUT2D eigenvalue weighted by Gasteiger charge is 2.50. The summed E-state index contributed by atoms with van der Waals surface area (Å²) in [7, 11) is -1.73. The van der Waals surface area contributed by atoms with Gasteiger partial charge in [0.25, 0.3) is 0 Å². The van der Waals surface area contributed by atoms with E-state index >= 15 is 0 Å². The minimum atomic E-state index is -1.73. The lowest BCUT2D eigenvalue weighted by molar-refractivity contribution is -0.115. The van der Waals surface area contributed by atoms with Crippen LogP contribution in [0.15, 0.2) is 11.1 Å². The molecule has 0 aromatic rings. The van der Waals surface area contributed by atoms with Gasteiger partial charge in [0, 0.05) is 18.9 Å². The van der Waals surface area contributed by atoms with Crippen LogP contribution in [-0.4, -0.2) is 20.7 Å². The Morgan fingerprint density at radius 1 is 1.29 bits per heavy atom. The molecule has 1 saturated carbocycles. The molecule has 2 aliphatic rings. The monoisotopic (exact) mass is 308 g/mol. The Morgan fingerprint density at radius 3 is 2.38 bits per heavy atom. The van der Waals surface area contributed by atoms with Gasteiger partial charge in [0.15, 0.2) is 14.1 Å². The number of fused-ring (bicyclic) bond motifs is 1. The van der Waals surface area contributed by atoms with E-state index in [4.69, 9.17) is 4.43 Å². The van der Waals surface area contributed by atoms with Crippen molar-refractivity contribution >= 4 is 14.1 Å². The van der Waals surface area contributed by atoms with Crippen molar-refractivity contribution in [1.82, 2.24) is 0 Å². The van der Waals surface area contributed by atoms with Gasteiger partial charge in [0.05, 0.1) is 0 Å². The maximum absolute atomic E-state index is 12.0. The number of hydrogen-bond acceptors (Lipinski definition) is 2. The average molecular weight is 309 g/mol. The van der Waals surface area contributed by atoms with Crippen LogP contribution in [0.1, 0.15) is 54.4 Å². The van der Waals surface area contributed by atoms with Gasteiger partial charge in [-0.15, -0.1) is 0 Å². The van der Waals surface area contributed by atoms with Crippen molar-refractivity contribution in [2.75, 3.05) is 6.61 Å². The smallest absolute Gasteiger partial charge is 0.192 e. The van der Waals surface area contributed by atoms with Gasteiger partial charge in [-0.25, -0.2) is 0 Å². The summed E-state index contributed by atoms with van der Waals surface area (Å²) in [5.74, 6) is 1.27. The van der Waals surface area contributed by atoms with Gasteiger partial charge in [0.2, 0.25) is 0 Å². The Bertz CT molecular complexity index is 480. The number of hydrogen-bond donors (Lipinski definition) is 0. The minimum absolute atomic E-state index is 0.240. The Kier molecular flexibility index (Phi) is 4.08. The SMILES string of the molecule is CC1=C2C(CC1=O)CC(C)(C)C2CO[Si](C)(C)C(C)(C)C. The van der Waals surface area contributed by atoms with Crippen LogP contribution in [0.3, 0.4) is 0 Å². The fourth-order valence-corrected chi connectivity index (χ4v) is 4.72. The van der Waals surface area contributed by atoms with Crippen molar-refractivity contribution in [1.29, 1.82) is 0 Å². The van der Waals surface area contributed by atoms with Crippen LogP contribution >= 0.6 is 0 Å². The van der Waals surface area contributed by atoms with E-state index in [9.17, 15) is 4.79 Å². The van der Waals surface area contributed by atoms with Gasteiger partial charge < -0.3 is 4.43 Å². The summed E-state index contributed by atoms with van der Waals surface area (Å²) in [5, 5.41) is 0.240. The first-order valence-electron chi connectivity index (χ1n) is 8.24. The zero-order valence-electron chi connectivity index (χ0n) is 15.1. The Labute approximate surface area is 131 Å². The molecule has 0 spiro atoms. The van der Waals surface area contributed by atoms with Crippen LogP contribution in [0, 0.1) is 17.3 Å². The molecular formula is C18H32O2Si. The third-order valence-corrected chi connectivity index (χ3v) is 10.7. The fraction of sp³-hybridized carbons (Fsp3) is 0.833. The first-order valence-corrected chi connectivity index (χ1v) is 11.2. The largest absolute Gasteiger partial charge is 0.416 e. The standard InChI is InChI=1S/C18H32O2Si/c1-12-15(19)9-13-10-18(5,6)14(16(12)13)11-20-21(7,8)17(2,3)4/h13-14H,9-11H2,1-8H3. The maximum Gasteiger partial charge on any atom is 0.192 e. The van der Waals surface area contributed by atoms with Gasteiger partial charge in [-0.2, -0.15) is 0 Å². The van der Waals surface area contributed by atoms with Gasteiger partial charge in [-0.05, 0) is 48.4 Å². The van der Waals surface area contributed by atoms with Gasteiger partial charge in [-0.1, -0.05) is 40.2 Å². The van der Waals surface area contributed by atoms with Crippen LogP contribution in [0.4, 0.5) is 0 Å². The third kappa shape index (κ3) is 2.92. The highest BCUT2D eigenvalue weighted by Crippen LogP contribution is 2.55. The van der Waals surface area contributed by atoms with E-state index in [2.05, 4.69) is 47.7 Å². The summed E-state index contributed by atoms with van der Waals surface area (Å²) in [6.45, 7) is 19.0. The fourth-order valence-electron chi connectivity index (χ4n) is 3.70. The Hall–Kier alpha value is -0.413. The van der Waals surface area contributed by atoms with Gasteiger partial charge >= 0.3 is 0 Å². The summed E-state index contributed by atoms with van der Waals surface area (Å²) < 4.78 is 6.50. The molecule has 0 aromatic heterocycles. The van der Waals surface area contributed by atoms with Crippen molar-refractivity contribution in [2.45, 2.75) is 72.5 Å². The number of ketones is 1. The van der Waals surface area contributed by atoms with Gasteiger partial charge in [0.1, 0.15) is 0 Å². The number of carbonyl (C=O) groups excluding carboxylic acids is 1. The van der Waals surface area contributed by atoms with E-state index in [0.29, 0.717) is 17.6 Å². The summed E-state index contributed by atoms with van der Waals surface area (Å²) >= 11 is 0. The molecule has 0 heterocycles. The highest BCUT2D eigenvalue weighted by molar-refractivity contribution is 6.74. The van der Waals surface area contributed by atoms with E-state index in [1.54, 1.807) is 0 Å². The second-order valence-electron chi connectivity index (χ2n) is 9.22. The zero-order chi connectivity index (χ0) is 16.2. The Morgan fingerprint density at radius 2 is 1.86 bits per heavy atom. The molecular weight excluding hydrogens is 276 g/mol. The second-order valence-corrected chi connectivity index (χ2v) is 14.0. The van der Waals surface area contributed by atoms with Crippen LogP contribution in [0.2, 0.25) is 18.1 Å². The molecule has 21 heavy (non-hydrogen) atoms. The molecule has 0 aromatic carbocycles. The van der Waals surface area contributed by atoms with E-state index in [1.165, 1.54) is 5.57 Å². The molecule has 2 nitrogen and oxygen atoms in total. The molecule has 0 bridgehead atoms. The van der Waals surface area contributed by atoms with Crippen LogP contribution in [0.5, 0.6) is 0 Å². The molecule has 2 unspecified atom stereocenters.